The number of hydrogen-bond donors (Lipinski definition) is 1. The lowest BCUT2D eigenvalue weighted by molar-refractivity contribution is 0.00846. The van der Waals surface area contributed by atoms with E-state index in [1.165, 1.54) is 12.8 Å². The Bertz CT molecular complexity index is 378. The molecule has 1 fully saturated rings. The highest BCUT2D eigenvalue weighted by molar-refractivity contribution is 9.10. The summed E-state index contributed by atoms with van der Waals surface area (Å²) in [4.78, 5) is 0. The first-order chi connectivity index (χ1) is 9.28. The molecule has 0 atom stereocenters. The van der Waals surface area contributed by atoms with Gasteiger partial charge in [0.05, 0.1) is 12.7 Å². The van der Waals surface area contributed by atoms with Crippen LogP contribution < -0.4 is 10.1 Å². The maximum absolute atomic E-state index is 5.86. The summed E-state index contributed by atoms with van der Waals surface area (Å²) in [5.41, 5.74) is 0. The minimum atomic E-state index is 0.413. The Morgan fingerprint density at radius 3 is 2.68 bits per heavy atom. The van der Waals surface area contributed by atoms with Crippen LogP contribution in [-0.2, 0) is 4.74 Å². The number of benzene rings is 1. The predicted octanol–water partition coefficient (Wildman–Crippen LogP) is 3.38. The first-order valence-corrected chi connectivity index (χ1v) is 7.74. The third kappa shape index (κ3) is 5.13. The van der Waals surface area contributed by atoms with Crippen molar-refractivity contribution in [1.29, 1.82) is 0 Å². The van der Waals surface area contributed by atoms with Crippen molar-refractivity contribution < 1.29 is 9.47 Å². The van der Waals surface area contributed by atoms with Crippen molar-refractivity contribution in [3.63, 3.8) is 0 Å². The summed E-state index contributed by atoms with van der Waals surface area (Å²) in [7, 11) is 2.04. The van der Waals surface area contributed by atoms with Gasteiger partial charge in [-0.15, -0.1) is 0 Å². The van der Waals surface area contributed by atoms with E-state index in [2.05, 4.69) is 21.2 Å². The molecule has 1 aromatic rings. The topological polar surface area (TPSA) is 30.5 Å². The molecular formula is C15H22BrNO2. The van der Waals surface area contributed by atoms with Crippen LogP contribution in [0.2, 0.25) is 0 Å². The van der Waals surface area contributed by atoms with Gasteiger partial charge in [-0.2, -0.15) is 0 Å². The fourth-order valence-corrected chi connectivity index (χ4v) is 2.83. The number of halogens is 1. The normalized spacial score (nSPS) is 23.3. The van der Waals surface area contributed by atoms with Gasteiger partial charge in [0.15, 0.2) is 0 Å². The third-order valence-corrected chi connectivity index (χ3v) is 4.08. The number of rotatable bonds is 6. The van der Waals surface area contributed by atoms with Crippen molar-refractivity contribution in [1.82, 2.24) is 5.32 Å². The van der Waals surface area contributed by atoms with Crippen molar-refractivity contribution in [2.24, 2.45) is 0 Å². The Morgan fingerprint density at radius 1 is 1.21 bits per heavy atom. The smallest absolute Gasteiger partial charge is 0.120 e. The zero-order valence-electron chi connectivity index (χ0n) is 11.4. The van der Waals surface area contributed by atoms with Crippen molar-refractivity contribution in [2.45, 2.75) is 37.8 Å². The average Bonchev–Trinajstić information content (AvgIpc) is 2.44. The molecule has 1 saturated carbocycles. The second kappa shape index (κ2) is 7.88. The van der Waals surface area contributed by atoms with E-state index < -0.39 is 0 Å². The Balaban J connectivity index is 1.60. The maximum Gasteiger partial charge on any atom is 0.120 e. The van der Waals surface area contributed by atoms with Crippen LogP contribution in [0.4, 0.5) is 0 Å². The molecule has 3 nitrogen and oxygen atoms in total. The van der Waals surface area contributed by atoms with Crippen LogP contribution in [0.5, 0.6) is 5.75 Å². The van der Waals surface area contributed by atoms with Gasteiger partial charge in [0, 0.05) is 10.5 Å². The van der Waals surface area contributed by atoms with Gasteiger partial charge >= 0.3 is 0 Å². The minimum Gasteiger partial charge on any atom is -0.491 e. The van der Waals surface area contributed by atoms with Gasteiger partial charge in [-0.05, 0) is 50.9 Å². The Hall–Kier alpha value is -0.580. The molecule has 0 radical (unpaired) electrons. The highest BCUT2D eigenvalue weighted by Gasteiger charge is 2.19. The first kappa shape index (κ1) is 14.8. The summed E-state index contributed by atoms with van der Waals surface area (Å²) in [6.07, 6.45) is 5.15. The summed E-state index contributed by atoms with van der Waals surface area (Å²) in [6.45, 7) is 1.28. The Kier molecular flexibility index (Phi) is 6.14. The van der Waals surface area contributed by atoms with Crippen LogP contribution in [-0.4, -0.2) is 32.4 Å². The molecule has 0 spiro atoms. The minimum absolute atomic E-state index is 0.413. The molecule has 0 saturated heterocycles. The van der Waals surface area contributed by atoms with E-state index in [1.54, 1.807) is 0 Å². The summed E-state index contributed by atoms with van der Waals surface area (Å²) in [5, 5.41) is 3.33. The Morgan fingerprint density at radius 2 is 2.00 bits per heavy atom. The lowest BCUT2D eigenvalue weighted by atomic mass is 9.93. The molecule has 0 amide bonds. The van der Waals surface area contributed by atoms with E-state index in [0.29, 0.717) is 25.4 Å². The van der Waals surface area contributed by atoms with E-state index in [0.717, 1.165) is 23.1 Å². The predicted molar refractivity (Wildman–Crippen MR) is 80.7 cm³/mol. The highest BCUT2D eigenvalue weighted by atomic mass is 79.9. The lowest BCUT2D eigenvalue weighted by Gasteiger charge is -2.28. The largest absolute Gasteiger partial charge is 0.491 e. The zero-order chi connectivity index (χ0) is 13.5. The second-order valence-corrected chi connectivity index (χ2v) is 5.85. The van der Waals surface area contributed by atoms with Crippen molar-refractivity contribution >= 4 is 15.9 Å². The van der Waals surface area contributed by atoms with Crippen LogP contribution in [0.1, 0.15) is 25.7 Å². The second-order valence-electron chi connectivity index (χ2n) is 4.94. The van der Waals surface area contributed by atoms with Gasteiger partial charge in [-0.1, -0.05) is 22.0 Å². The summed E-state index contributed by atoms with van der Waals surface area (Å²) in [5.74, 6) is 0.886. The van der Waals surface area contributed by atoms with Crippen LogP contribution in [0.3, 0.4) is 0 Å². The van der Waals surface area contributed by atoms with Gasteiger partial charge in [-0.3, -0.25) is 0 Å². The molecule has 0 bridgehead atoms. The van der Waals surface area contributed by atoms with Gasteiger partial charge in [0.25, 0.3) is 0 Å². The van der Waals surface area contributed by atoms with E-state index >= 15 is 0 Å². The molecule has 4 heteroatoms. The van der Waals surface area contributed by atoms with E-state index in [9.17, 15) is 0 Å². The zero-order valence-corrected chi connectivity index (χ0v) is 13.0. The Labute approximate surface area is 123 Å². The van der Waals surface area contributed by atoms with Crippen molar-refractivity contribution in [3.05, 3.63) is 28.7 Å². The van der Waals surface area contributed by atoms with Gasteiger partial charge in [0.1, 0.15) is 12.4 Å². The van der Waals surface area contributed by atoms with Crippen LogP contribution in [0.25, 0.3) is 0 Å². The maximum atomic E-state index is 5.86. The first-order valence-electron chi connectivity index (χ1n) is 6.95. The fraction of sp³-hybridized carbons (Fsp3) is 0.600. The summed E-state index contributed by atoms with van der Waals surface area (Å²) < 4.78 is 12.6. The lowest BCUT2D eigenvalue weighted by Crippen LogP contribution is -2.33. The third-order valence-electron chi connectivity index (χ3n) is 3.58. The van der Waals surface area contributed by atoms with Crippen molar-refractivity contribution in [2.75, 3.05) is 20.3 Å². The SMILES string of the molecule is CNC1CCC(OCCOc2cccc(Br)c2)CC1. The van der Waals surface area contributed by atoms with Gasteiger partial charge < -0.3 is 14.8 Å². The molecule has 0 aromatic heterocycles. The fourth-order valence-electron chi connectivity index (χ4n) is 2.45. The molecule has 1 aromatic carbocycles. The summed E-state index contributed by atoms with van der Waals surface area (Å²) >= 11 is 3.43. The number of nitrogens with one attached hydrogen (secondary N) is 1. The van der Waals surface area contributed by atoms with Gasteiger partial charge in [-0.25, -0.2) is 0 Å². The highest BCUT2D eigenvalue weighted by Crippen LogP contribution is 2.21. The molecule has 0 heterocycles. The van der Waals surface area contributed by atoms with E-state index in [1.807, 2.05) is 31.3 Å². The molecule has 0 aliphatic heterocycles. The molecule has 1 N–H and O–H groups in total. The average molecular weight is 328 g/mol. The molecule has 2 rings (SSSR count). The summed E-state index contributed by atoms with van der Waals surface area (Å²) in [6, 6.07) is 8.57. The molecule has 19 heavy (non-hydrogen) atoms. The molecule has 1 aliphatic carbocycles. The standard InChI is InChI=1S/C15H22BrNO2/c1-17-13-5-7-14(8-6-13)18-9-10-19-15-4-2-3-12(16)11-15/h2-4,11,13-14,17H,5-10H2,1H3. The quantitative estimate of drug-likeness (QED) is 0.812. The molecule has 1 aliphatic rings. The van der Waals surface area contributed by atoms with Crippen LogP contribution >= 0.6 is 15.9 Å². The number of hydrogen-bond acceptors (Lipinski definition) is 3. The molecular weight excluding hydrogens is 306 g/mol. The van der Waals surface area contributed by atoms with Crippen LogP contribution in [0, 0.1) is 0 Å². The van der Waals surface area contributed by atoms with E-state index in [4.69, 9.17) is 9.47 Å². The molecule has 106 valence electrons. The monoisotopic (exact) mass is 327 g/mol. The van der Waals surface area contributed by atoms with Gasteiger partial charge in [0.2, 0.25) is 0 Å². The number of ether oxygens (including phenoxy) is 2. The van der Waals surface area contributed by atoms with E-state index in [-0.39, 0.29) is 0 Å². The van der Waals surface area contributed by atoms with Crippen molar-refractivity contribution in [3.8, 4) is 5.75 Å². The van der Waals surface area contributed by atoms with Crippen LogP contribution in [0.15, 0.2) is 28.7 Å². The molecule has 0 unspecified atom stereocenters.